The second kappa shape index (κ2) is 10.9. The van der Waals surface area contributed by atoms with E-state index in [4.69, 9.17) is 9.73 Å². The number of anilines is 1. The third-order valence-electron chi connectivity index (χ3n) is 6.13. The number of methoxy groups -OCH3 is 1. The van der Waals surface area contributed by atoms with Crippen LogP contribution in [-0.2, 0) is 24.1 Å². The van der Waals surface area contributed by atoms with E-state index in [1.807, 2.05) is 6.07 Å². The summed E-state index contributed by atoms with van der Waals surface area (Å²) in [6.45, 7) is 3.64. The zero-order valence-corrected chi connectivity index (χ0v) is 19.7. The Bertz CT molecular complexity index is 1160. The Morgan fingerprint density at radius 1 is 1.09 bits per heavy atom. The predicted octanol–water partition coefficient (Wildman–Crippen LogP) is 5.03. The highest BCUT2D eigenvalue weighted by molar-refractivity contribution is 5.97. The van der Waals surface area contributed by atoms with E-state index in [9.17, 15) is 9.90 Å². The van der Waals surface area contributed by atoms with Crippen LogP contribution in [0, 0.1) is 0 Å². The van der Waals surface area contributed by atoms with Crippen LogP contribution in [0.25, 0.3) is 0 Å². The smallest absolute Gasteiger partial charge is 0.337 e. The van der Waals surface area contributed by atoms with Gasteiger partial charge in [0.15, 0.2) is 5.96 Å². The number of aliphatic imine (C=N–C) groups is 1. The number of phenolic OH excluding ortho intramolecular Hbond substituents is 1. The summed E-state index contributed by atoms with van der Waals surface area (Å²) in [5.41, 5.74) is 4.70. The van der Waals surface area contributed by atoms with Crippen molar-refractivity contribution in [2.75, 3.05) is 19.0 Å². The molecule has 1 unspecified atom stereocenters. The first-order valence-corrected chi connectivity index (χ1v) is 11.7. The second-order valence-electron chi connectivity index (χ2n) is 8.61. The lowest BCUT2D eigenvalue weighted by Gasteiger charge is -2.32. The standard InChI is InChI=1S/C28H31N3O3/c1-20(12-13-21-8-4-3-5-9-21)29-28(31-17-16-22-10-6-7-11-24(22)19-31)30-25-18-23(27(33)34-2)14-15-26(25)32/h3-11,14-15,18,20,32H,12-13,16-17,19H2,1-2H3,(H,29,30). The number of fused-ring (bicyclic) bond motifs is 1. The van der Waals surface area contributed by atoms with Crippen LogP contribution < -0.4 is 5.32 Å². The van der Waals surface area contributed by atoms with Gasteiger partial charge < -0.3 is 20.1 Å². The molecule has 34 heavy (non-hydrogen) atoms. The van der Waals surface area contributed by atoms with Crippen LogP contribution in [0.5, 0.6) is 5.75 Å². The highest BCUT2D eigenvalue weighted by Gasteiger charge is 2.21. The third-order valence-corrected chi connectivity index (χ3v) is 6.13. The number of ether oxygens (including phenoxy) is 1. The summed E-state index contributed by atoms with van der Waals surface area (Å²) in [6, 6.07) is 23.5. The van der Waals surface area contributed by atoms with E-state index >= 15 is 0 Å². The molecular formula is C28H31N3O3. The number of esters is 1. The Hall–Kier alpha value is -3.80. The fourth-order valence-electron chi connectivity index (χ4n) is 4.16. The van der Waals surface area contributed by atoms with E-state index in [1.165, 1.54) is 29.9 Å². The fraction of sp³-hybridized carbons (Fsp3) is 0.286. The van der Waals surface area contributed by atoms with Crippen molar-refractivity contribution in [2.24, 2.45) is 4.99 Å². The maximum Gasteiger partial charge on any atom is 0.337 e. The van der Waals surface area contributed by atoms with Crippen molar-refractivity contribution in [3.63, 3.8) is 0 Å². The number of hydrogen-bond donors (Lipinski definition) is 2. The Labute approximate surface area is 200 Å². The quantitative estimate of drug-likeness (QED) is 0.235. The predicted molar refractivity (Wildman–Crippen MR) is 135 cm³/mol. The van der Waals surface area contributed by atoms with E-state index < -0.39 is 5.97 Å². The summed E-state index contributed by atoms with van der Waals surface area (Å²) in [7, 11) is 1.34. The molecule has 176 valence electrons. The van der Waals surface area contributed by atoms with Crippen molar-refractivity contribution >= 4 is 17.6 Å². The number of carbonyl (C=O) groups excluding carboxylic acids is 1. The number of nitrogens with zero attached hydrogens (tertiary/aromatic N) is 2. The Morgan fingerprint density at radius 2 is 1.82 bits per heavy atom. The molecule has 6 heteroatoms. The molecule has 0 aromatic heterocycles. The van der Waals surface area contributed by atoms with Gasteiger partial charge in [-0.25, -0.2) is 9.79 Å². The van der Waals surface area contributed by atoms with Gasteiger partial charge in [0.25, 0.3) is 0 Å². The average molecular weight is 458 g/mol. The van der Waals surface area contributed by atoms with Gasteiger partial charge in [-0.2, -0.15) is 0 Å². The highest BCUT2D eigenvalue weighted by Crippen LogP contribution is 2.27. The number of aryl methyl sites for hydroxylation is 1. The normalized spacial score (nSPS) is 14.3. The molecule has 1 atom stereocenters. The SMILES string of the molecule is COC(=O)c1ccc(O)c(NC(=NC(C)CCc2ccccc2)N2CCc3ccccc3C2)c1. The first-order chi connectivity index (χ1) is 16.5. The molecule has 0 saturated heterocycles. The highest BCUT2D eigenvalue weighted by atomic mass is 16.5. The maximum absolute atomic E-state index is 12.0. The van der Waals surface area contributed by atoms with Crippen molar-refractivity contribution in [3.8, 4) is 5.75 Å². The largest absolute Gasteiger partial charge is 0.506 e. The topological polar surface area (TPSA) is 74.2 Å². The average Bonchev–Trinajstić information content (AvgIpc) is 2.88. The molecule has 2 N–H and O–H groups in total. The molecule has 6 nitrogen and oxygen atoms in total. The number of aromatic hydroxyl groups is 1. The molecule has 0 fully saturated rings. The van der Waals surface area contributed by atoms with Crippen molar-refractivity contribution in [1.82, 2.24) is 4.90 Å². The molecule has 0 radical (unpaired) electrons. The zero-order chi connectivity index (χ0) is 23.9. The van der Waals surface area contributed by atoms with E-state index in [-0.39, 0.29) is 11.8 Å². The third kappa shape index (κ3) is 5.76. The Balaban J connectivity index is 1.59. The summed E-state index contributed by atoms with van der Waals surface area (Å²) in [4.78, 5) is 19.3. The van der Waals surface area contributed by atoms with Gasteiger partial charge in [-0.3, -0.25) is 0 Å². The maximum atomic E-state index is 12.0. The van der Waals surface area contributed by atoms with Crippen LogP contribution in [0.1, 0.15) is 40.4 Å². The van der Waals surface area contributed by atoms with Gasteiger partial charge in [0.2, 0.25) is 0 Å². The Morgan fingerprint density at radius 3 is 2.59 bits per heavy atom. The number of phenols is 1. The number of nitrogens with one attached hydrogen (secondary N) is 1. The number of benzene rings is 3. The molecule has 3 aromatic rings. The zero-order valence-electron chi connectivity index (χ0n) is 19.7. The minimum Gasteiger partial charge on any atom is -0.506 e. The number of rotatable bonds is 6. The molecule has 3 aromatic carbocycles. The van der Waals surface area contributed by atoms with Crippen LogP contribution in [0.15, 0.2) is 77.8 Å². The molecule has 0 amide bonds. The van der Waals surface area contributed by atoms with Crippen molar-refractivity contribution in [3.05, 3.63) is 95.1 Å². The summed E-state index contributed by atoms with van der Waals surface area (Å²) < 4.78 is 4.84. The van der Waals surface area contributed by atoms with E-state index in [1.54, 1.807) is 12.1 Å². The molecule has 1 aliphatic heterocycles. The lowest BCUT2D eigenvalue weighted by molar-refractivity contribution is 0.0601. The van der Waals surface area contributed by atoms with Crippen LogP contribution in [0.2, 0.25) is 0 Å². The van der Waals surface area contributed by atoms with Crippen LogP contribution in [0.3, 0.4) is 0 Å². The molecular weight excluding hydrogens is 426 g/mol. The van der Waals surface area contributed by atoms with E-state index in [2.05, 4.69) is 65.7 Å². The lowest BCUT2D eigenvalue weighted by Crippen LogP contribution is -2.40. The van der Waals surface area contributed by atoms with Gasteiger partial charge in [-0.1, -0.05) is 54.6 Å². The van der Waals surface area contributed by atoms with Crippen molar-refractivity contribution < 1.29 is 14.6 Å². The van der Waals surface area contributed by atoms with E-state index in [0.29, 0.717) is 17.2 Å². The van der Waals surface area contributed by atoms with E-state index in [0.717, 1.165) is 32.4 Å². The molecule has 0 spiro atoms. The second-order valence-corrected chi connectivity index (χ2v) is 8.61. The van der Waals surface area contributed by atoms with Gasteiger partial charge in [0, 0.05) is 13.1 Å². The Kier molecular flexibility index (Phi) is 7.48. The molecule has 0 bridgehead atoms. The first kappa shape index (κ1) is 23.4. The van der Waals surface area contributed by atoms with Gasteiger partial charge in [-0.05, 0) is 61.1 Å². The van der Waals surface area contributed by atoms with Gasteiger partial charge in [0.1, 0.15) is 5.75 Å². The van der Waals surface area contributed by atoms with Crippen molar-refractivity contribution in [2.45, 2.75) is 38.8 Å². The van der Waals surface area contributed by atoms with Gasteiger partial charge >= 0.3 is 5.97 Å². The fourth-order valence-corrected chi connectivity index (χ4v) is 4.16. The molecule has 1 aliphatic rings. The van der Waals surface area contributed by atoms with Crippen LogP contribution >= 0.6 is 0 Å². The lowest BCUT2D eigenvalue weighted by atomic mass is 10.0. The molecule has 4 rings (SSSR count). The minimum absolute atomic E-state index is 0.0506. The van der Waals surface area contributed by atoms with Gasteiger partial charge in [-0.15, -0.1) is 0 Å². The summed E-state index contributed by atoms with van der Waals surface area (Å²) >= 11 is 0. The summed E-state index contributed by atoms with van der Waals surface area (Å²) in [5.74, 6) is 0.284. The molecule has 0 aliphatic carbocycles. The number of guanidine groups is 1. The summed E-state index contributed by atoms with van der Waals surface area (Å²) in [5, 5.41) is 13.8. The monoisotopic (exact) mass is 457 g/mol. The van der Waals surface area contributed by atoms with Crippen LogP contribution in [-0.4, -0.2) is 41.6 Å². The molecule has 0 saturated carbocycles. The van der Waals surface area contributed by atoms with Gasteiger partial charge in [0.05, 0.1) is 24.4 Å². The number of carbonyl (C=O) groups is 1. The number of hydrogen-bond acceptors (Lipinski definition) is 4. The minimum atomic E-state index is -0.454. The summed E-state index contributed by atoms with van der Waals surface area (Å²) in [6.07, 6.45) is 2.75. The van der Waals surface area contributed by atoms with Crippen molar-refractivity contribution in [1.29, 1.82) is 0 Å². The first-order valence-electron chi connectivity index (χ1n) is 11.7. The molecule has 1 heterocycles. The van der Waals surface area contributed by atoms with Crippen LogP contribution in [0.4, 0.5) is 5.69 Å².